The Labute approximate surface area is 85.7 Å². The number of hydrogen-bond donors (Lipinski definition) is 1. The van der Waals surface area contributed by atoms with Crippen molar-refractivity contribution in [1.29, 1.82) is 5.26 Å². The van der Waals surface area contributed by atoms with Gasteiger partial charge >= 0.3 is 0 Å². The summed E-state index contributed by atoms with van der Waals surface area (Å²) in [6.45, 7) is 9.00. The van der Waals surface area contributed by atoms with E-state index in [1.165, 1.54) is 0 Å². The van der Waals surface area contributed by atoms with Crippen LogP contribution in [0.15, 0.2) is 12.7 Å². The van der Waals surface area contributed by atoms with Crippen molar-refractivity contribution in [1.82, 2.24) is 5.32 Å². The summed E-state index contributed by atoms with van der Waals surface area (Å²) in [4.78, 5) is 0. The quantitative estimate of drug-likeness (QED) is 0.694. The number of nitrogens with zero attached hydrogens (tertiary/aromatic N) is 1. The third kappa shape index (κ3) is 2.57. The molecule has 1 rings (SSSR count). The summed E-state index contributed by atoms with van der Waals surface area (Å²) in [6, 6.07) is 2.37. The first-order valence-corrected chi connectivity index (χ1v) is 4.95. The first-order chi connectivity index (χ1) is 6.54. The lowest BCUT2D eigenvalue weighted by Crippen LogP contribution is -2.53. The van der Waals surface area contributed by atoms with Gasteiger partial charge in [-0.2, -0.15) is 5.26 Å². The van der Waals surface area contributed by atoms with E-state index in [-0.39, 0.29) is 5.60 Å². The Hall–Kier alpha value is -0.850. The Bertz CT molecular complexity index is 255. The second kappa shape index (κ2) is 4.12. The molecule has 1 fully saturated rings. The van der Waals surface area contributed by atoms with Gasteiger partial charge in [-0.25, -0.2) is 0 Å². The Morgan fingerprint density at radius 1 is 1.64 bits per heavy atom. The van der Waals surface area contributed by atoms with Crippen LogP contribution in [-0.2, 0) is 4.74 Å². The maximum absolute atomic E-state index is 9.20. The number of ether oxygens (including phenoxy) is 1. The average Bonchev–Trinajstić information content (AvgIpc) is 2.13. The SMILES string of the molecule is C=CCNC1(C#N)CCOC(C)(C)C1. The largest absolute Gasteiger partial charge is 0.375 e. The second-order valence-corrected chi connectivity index (χ2v) is 4.40. The van der Waals surface area contributed by atoms with Crippen molar-refractivity contribution in [2.75, 3.05) is 13.2 Å². The number of nitrogens with one attached hydrogen (secondary N) is 1. The summed E-state index contributed by atoms with van der Waals surface area (Å²) in [5.41, 5.74) is -0.641. The minimum atomic E-state index is -0.435. The highest BCUT2D eigenvalue weighted by Gasteiger charge is 2.40. The molecule has 1 aliphatic heterocycles. The van der Waals surface area contributed by atoms with Gasteiger partial charge in [-0.1, -0.05) is 6.08 Å². The molecule has 14 heavy (non-hydrogen) atoms. The molecule has 0 aromatic carbocycles. The monoisotopic (exact) mass is 194 g/mol. The van der Waals surface area contributed by atoms with Crippen LogP contribution in [0.1, 0.15) is 26.7 Å². The van der Waals surface area contributed by atoms with Crippen molar-refractivity contribution in [3.05, 3.63) is 12.7 Å². The first kappa shape index (κ1) is 11.2. The Kier molecular flexibility index (Phi) is 3.30. The number of hydrogen-bond acceptors (Lipinski definition) is 3. The van der Waals surface area contributed by atoms with Gasteiger partial charge in [0.15, 0.2) is 0 Å². The van der Waals surface area contributed by atoms with E-state index in [9.17, 15) is 5.26 Å². The Balaban J connectivity index is 2.69. The predicted octanol–water partition coefficient (Wildman–Crippen LogP) is 1.61. The molecule has 0 amide bonds. The molecule has 0 aliphatic carbocycles. The van der Waals surface area contributed by atoms with Crippen LogP contribution in [0.2, 0.25) is 0 Å². The first-order valence-electron chi connectivity index (χ1n) is 4.95. The fourth-order valence-corrected chi connectivity index (χ4v) is 1.92. The Morgan fingerprint density at radius 3 is 2.86 bits per heavy atom. The molecule has 1 aliphatic rings. The molecule has 1 atom stereocenters. The summed E-state index contributed by atoms with van der Waals surface area (Å²) in [6.07, 6.45) is 3.26. The highest BCUT2D eigenvalue weighted by atomic mass is 16.5. The highest BCUT2D eigenvalue weighted by molar-refractivity contribution is 5.12. The lowest BCUT2D eigenvalue weighted by molar-refractivity contribution is -0.0754. The van der Waals surface area contributed by atoms with Crippen LogP contribution < -0.4 is 5.32 Å². The molecule has 3 heteroatoms. The van der Waals surface area contributed by atoms with Gasteiger partial charge in [0.2, 0.25) is 0 Å². The molecule has 0 spiro atoms. The summed E-state index contributed by atoms with van der Waals surface area (Å²) in [7, 11) is 0. The normalized spacial score (nSPS) is 30.6. The molecule has 1 saturated heterocycles. The van der Waals surface area contributed by atoms with Crippen LogP contribution in [0, 0.1) is 11.3 Å². The van der Waals surface area contributed by atoms with Crippen LogP contribution in [0.3, 0.4) is 0 Å². The summed E-state index contributed by atoms with van der Waals surface area (Å²) < 4.78 is 5.59. The van der Waals surface area contributed by atoms with Crippen LogP contribution in [0.4, 0.5) is 0 Å². The highest BCUT2D eigenvalue weighted by Crippen LogP contribution is 2.31. The third-order valence-corrected chi connectivity index (χ3v) is 2.55. The molecule has 3 nitrogen and oxygen atoms in total. The molecular formula is C11H18N2O. The van der Waals surface area contributed by atoms with Gasteiger partial charge in [0.1, 0.15) is 5.54 Å². The van der Waals surface area contributed by atoms with Crippen LogP contribution in [0.25, 0.3) is 0 Å². The van der Waals surface area contributed by atoms with Gasteiger partial charge in [-0.05, 0) is 13.8 Å². The van der Waals surface area contributed by atoms with E-state index in [1.54, 1.807) is 6.08 Å². The second-order valence-electron chi connectivity index (χ2n) is 4.40. The van der Waals surface area contributed by atoms with Crippen molar-refractivity contribution in [3.63, 3.8) is 0 Å². The van der Waals surface area contributed by atoms with E-state index < -0.39 is 5.54 Å². The van der Waals surface area contributed by atoms with Crippen molar-refractivity contribution >= 4 is 0 Å². The smallest absolute Gasteiger partial charge is 0.111 e. The van der Waals surface area contributed by atoms with Gasteiger partial charge in [0, 0.05) is 19.4 Å². The summed E-state index contributed by atoms with van der Waals surface area (Å²) >= 11 is 0. The van der Waals surface area contributed by atoms with Gasteiger partial charge in [0.05, 0.1) is 18.3 Å². The molecular weight excluding hydrogens is 176 g/mol. The molecule has 0 aromatic rings. The lowest BCUT2D eigenvalue weighted by atomic mass is 9.82. The van der Waals surface area contributed by atoms with E-state index in [0.717, 1.165) is 12.8 Å². The Morgan fingerprint density at radius 2 is 2.36 bits per heavy atom. The molecule has 0 aromatic heterocycles. The molecule has 1 N–H and O–H groups in total. The minimum Gasteiger partial charge on any atom is -0.375 e. The number of nitriles is 1. The zero-order valence-electron chi connectivity index (χ0n) is 8.97. The fraction of sp³-hybridized carbons (Fsp3) is 0.727. The van der Waals surface area contributed by atoms with Crippen molar-refractivity contribution in [3.8, 4) is 6.07 Å². The molecule has 78 valence electrons. The standard InChI is InChI=1S/C11H18N2O/c1-4-6-13-11(9-12)5-7-14-10(2,3)8-11/h4,13H,1,5-8H2,2-3H3. The van der Waals surface area contributed by atoms with Gasteiger partial charge in [-0.3, -0.25) is 5.32 Å². The molecule has 0 bridgehead atoms. The fourth-order valence-electron chi connectivity index (χ4n) is 1.92. The van der Waals surface area contributed by atoms with Gasteiger partial charge in [-0.15, -0.1) is 6.58 Å². The van der Waals surface area contributed by atoms with Crippen molar-refractivity contribution < 1.29 is 4.74 Å². The van der Waals surface area contributed by atoms with Gasteiger partial charge in [0.25, 0.3) is 0 Å². The zero-order chi connectivity index (χ0) is 10.7. The molecule has 1 unspecified atom stereocenters. The van der Waals surface area contributed by atoms with Crippen molar-refractivity contribution in [2.24, 2.45) is 0 Å². The number of rotatable bonds is 3. The molecule has 0 radical (unpaired) electrons. The van der Waals surface area contributed by atoms with Crippen LogP contribution >= 0.6 is 0 Å². The van der Waals surface area contributed by atoms with E-state index in [1.807, 2.05) is 13.8 Å². The maximum Gasteiger partial charge on any atom is 0.111 e. The summed E-state index contributed by atoms with van der Waals surface area (Å²) in [5, 5.41) is 12.4. The van der Waals surface area contributed by atoms with Crippen molar-refractivity contribution in [2.45, 2.75) is 37.8 Å². The molecule has 0 saturated carbocycles. The van der Waals surface area contributed by atoms with E-state index in [2.05, 4.69) is 18.0 Å². The third-order valence-electron chi connectivity index (χ3n) is 2.55. The maximum atomic E-state index is 9.20. The lowest BCUT2D eigenvalue weighted by Gasteiger charge is -2.41. The predicted molar refractivity (Wildman–Crippen MR) is 55.8 cm³/mol. The van der Waals surface area contributed by atoms with E-state index in [0.29, 0.717) is 13.2 Å². The topological polar surface area (TPSA) is 45.0 Å². The van der Waals surface area contributed by atoms with Crippen LogP contribution in [0.5, 0.6) is 0 Å². The van der Waals surface area contributed by atoms with Crippen LogP contribution in [-0.4, -0.2) is 24.3 Å². The van der Waals surface area contributed by atoms with Gasteiger partial charge < -0.3 is 4.74 Å². The molecule has 1 heterocycles. The average molecular weight is 194 g/mol. The zero-order valence-corrected chi connectivity index (χ0v) is 8.97. The van der Waals surface area contributed by atoms with E-state index >= 15 is 0 Å². The minimum absolute atomic E-state index is 0.206. The van der Waals surface area contributed by atoms with E-state index in [4.69, 9.17) is 4.74 Å². The summed E-state index contributed by atoms with van der Waals surface area (Å²) in [5.74, 6) is 0.